The normalized spacial score (nSPS) is 14.4. The Labute approximate surface area is 85.7 Å². The van der Waals surface area contributed by atoms with E-state index in [9.17, 15) is 18.4 Å². The summed E-state index contributed by atoms with van der Waals surface area (Å²) in [5, 5.41) is 0. The van der Waals surface area contributed by atoms with E-state index in [4.69, 9.17) is 0 Å². The summed E-state index contributed by atoms with van der Waals surface area (Å²) in [6.07, 6.45) is 0. The minimum absolute atomic E-state index is 0.794. The average molecular weight is 216 g/mol. The molecule has 0 saturated heterocycles. The number of rotatable bonds is 2. The summed E-state index contributed by atoms with van der Waals surface area (Å²) in [7, 11) is 0. The lowest BCUT2D eigenvalue weighted by atomic mass is 10.1. The van der Waals surface area contributed by atoms with Crippen LogP contribution in [0.15, 0.2) is 36.0 Å². The van der Waals surface area contributed by atoms with Gasteiger partial charge in [-0.2, -0.15) is 0 Å². The fourth-order valence-electron chi connectivity index (χ4n) is 0.883. The molecular formula is C10H10F2O3. The van der Waals surface area contributed by atoms with Crippen molar-refractivity contribution in [3.63, 3.8) is 0 Å². The van der Waals surface area contributed by atoms with Crippen molar-refractivity contribution in [3.8, 4) is 0 Å². The van der Waals surface area contributed by atoms with E-state index in [2.05, 4.69) is 17.9 Å². The van der Waals surface area contributed by atoms with Gasteiger partial charge in [0, 0.05) is 0 Å². The predicted molar refractivity (Wildman–Crippen MR) is 50.0 cm³/mol. The molecule has 1 rings (SSSR count). The first-order valence-corrected chi connectivity index (χ1v) is 4.15. The molecule has 0 spiro atoms. The Morgan fingerprint density at radius 3 is 1.47 bits per heavy atom. The van der Waals surface area contributed by atoms with Gasteiger partial charge in [0.15, 0.2) is 0 Å². The zero-order valence-corrected chi connectivity index (χ0v) is 8.39. The predicted octanol–water partition coefficient (Wildman–Crippen LogP) is 2.36. The number of cyclic esters (lactones) is 2. The number of ether oxygens (including phenoxy) is 1. The summed E-state index contributed by atoms with van der Waals surface area (Å²) in [5.74, 6) is -4.92. The van der Waals surface area contributed by atoms with Crippen molar-refractivity contribution in [2.45, 2.75) is 13.8 Å². The van der Waals surface area contributed by atoms with Crippen LogP contribution in [0.3, 0.4) is 0 Å². The largest absolute Gasteiger partial charge is 0.386 e. The lowest BCUT2D eigenvalue weighted by molar-refractivity contribution is -0.150. The van der Waals surface area contributed by atoms with Crippen LogP contribution in [0.1, 0.15) is 13.8 Å². The molecule has 0 aliphatic carbocycles. The monoisotopic (exact) mass is 216 g/mol. The Kier molecular flexibility index (Phi) is 4.57. The number of halogens is 2. The molecule has 5 heteroatoms. The fraction of sp³-hybridized carbons (Fsp3) is 0.200. The molecule has 0 aromatic carbocycles. The van der Waals surface area contributed by atoms with E-state index in [-0.39, 0.29) is 0 Å². The average Bonchev–Trinajstić information content (AvgIpc) is 2.44. The second kappa shape index (κ2) is 5.19. The van der Waals surface area contributed by atoms with Crippen LogP contribution in [0.4, 0.5) is 8.78 Å². The zero-order chi connectivity index (χ0) is 12.2. The maximum Gasteiger partial charge on any atom is 0.350 e. The van der Waals surface area contributed by atoms with Gasteiger partial charge in [-0.15, -0.1) is 0 Å². The highest BCUT2D eigenvalue weighted by molar-refractivity contribution is 6.16. The van der Waals surface area contributed by atoms with Gasteiger partial charge in [0.25, 0.3) is 0 Å². The first kappa shape index (κ1) is 13.2. The third kappa shape index (κ3) is 2.59. The first-order valence-electron chi connectivity index (χ1n) is 4.15. The van der Waals surface area contributed by atoms with Crippen molar-refractivity contribution in [1.29, 1.82) is 0 Å². The molecule has 0 aromatic heterocycles. The van der Waals surface area contributed by atoms with Gasteiger partial charge in [0.2, 0.25) is 0 Å². The molecule has 82 valence electrons. The highest BCUT2D eigenvalue weighted by atomic mass is 19.1. The van der Waals surface area contributed by atoms with Crippen molar-refractivity contribution < 1.29 is 23.1 Å². The molecule has 0 N–H and O–H groups in total. The van der Waals surface area contributed by atoms with Crippen LogP contribution >= 0.6 is 0 Å². The molecule has 0 bridgehead atoms. The van der Waals surface area contributed by atoms with E-state index in [0.29, 0.717) is 0 Å². The maximum atomic E-state index is 12.5. The van der Waals surface area contributed by atoms with Crippen LogP contribution in [0.2, 0.25) is 0 Å². The molecule has 0 atom stereocenters. The van der Waals surface area contributed by atoms with Gasteiger partial charge in [-0.05, 0) is 0 Å². The number of hydrogen-bond acceptors (Lipinski definition) is 3. The van der Waals surface area contributed by atoms with E-state index in [1.807, 2.05) is 13.8 Å². The summed E-state index contributed by atoms with van der Waals surface area (Å²) in [6, 6.07) is 0. The lowest BCUT2D eigenvalue weighted by Crippen LogP contribution is -2.02. The van der Waals surface area contributed by atoms with Crippen molar-refractivity contribution in [1.82, 2.24) is 0 Å². The molecule has 0 saturated carbocycles. The summed E-state index contributed by atoms with van der Waals surface area (Å²) < 4.78 is 29.0. The zero-order valence-electron chi connectivity index (χ0n) is 8.39. The van der Waals surface area contributed by atoms with Crippen LogP contribution < -0.4 is 0 Å². The molecule has 1 aliphatic heterocycles. The van der Waals surface area contributed by atoms with Gasteiger partial charge in [-0.3, -0.25) is 0 Å². The summed E-state index contributed by atoms with van der Waals surface area (Å²) >= 11 is 0. The Morgan fingerprint density at radius 2 is 1.27 bits per heavy atom. The molecular weight excluding hydrogens is 206 g/mol. The number of carbonyl (C=O) groups is 2. The molecule has 3 nitrogen and oxygen atoms in total. The standard InChI is InChI=1S/C8H4F2O3.C2H6/c1-3(9)5-6(4(2)10)8(12)13-7(5)11;1-2/h1-2H2;1-2H3. The molecule has 15 heavy (non-hydrogen) atoms. The van der Waals surface area contributed by atoms with Crippen molar-refractivity contribution in [2.75, 3.05) is 0 Å². The summed E-state index contributed by atoms with van der Waals surface area (Å²) in [6.45, 7) is 9.54. The molecule has 0 aromatic rings. The van der Waals surface area contributed by atoms with Gasteiger partial charge >= 0.3 is 11.9 Å². The van der Waals surface area contributed by atoms with Gasteiger partial charge < -0.3 is 4.74 Å². The molecule has 0 fully saturated rings. The molecule has 0 radical (unpaired) electrons. The van der Waals surface area contributed by atoms with Crippen molar-refractivity contribution in [2.24, 2.45) is 0 Å². The summed E-state index contributed by atoms with van der Waals surface area (Å²) in [4.78, 5) is 21.5. The minimum Gasteiger partial charge on any atom is -0.386 e. The van der Waals surface area contributed by atoms with E-state index >= 15 is 0 Å². The van der Waals surface area contributed by atoms with Crippen molar-refractivity contribution in [3.05, 3.63) is 36.0 Å². The topological polar surface area (TPSA) is 43.4 Å². The number of hydrogen-bond donors (Lipinski definition) is 0. The SMILES string of the molecule is C=C(F)C1=C(C(=C)F)C(=O)OC1=O.CC. The molecule has 0 amide bonds. The fourth-order valence-corrected chi connectivity index (χ4v) is 0.883. The summed E-state index contributed by atoms with van der Waals surface area (Å²) in [5.41, 5.74) is -1.59. The van der Waals surface area contributed by atoms with Gasteiger partial charge in [-0.1, -0.05) is 27.0 Å². The van der Waals surface area contributed by atoms with E-state index in [1.165, 1.54) is 0 Å². The highest BCUT2D eigenvalue weighted by Crippen LogP contribution is 2.28. The Hall–Kier alpha value is -1.78. The third-order valence-corrected chi connectivity index (χ3v) is 1.39. The second-order valence-corrected chi connectivity index (χ2v) is 2.24. The first-order chi connectivity index (χ1) is 6.95. The van der Waals surface area contributed by atoms with E-state index in [1.54, 1.807) is 0 Å². The van der Waals surface area contributed by atoms with Gasteiger partial charge in [-0.25, -0.2) is 18.4 Å². The molecule has 1 aliphatic rings. The molecule has 0 unspecified atom stereocenters. The third-order valence-electron chi connectivity index (χ3n) is 1.39. The Balaban J connectivity index is 0.000000921. The van der Waals surface area contributed by atoms with Gasteiger partial charge in [0.05, 0.1) is 0 Å². The number of esters is 2. The Bertz CT molecular complexity index is 333. The van der Waals surface area contributed by atoms with Crippen LogP contribution in [-0.2, 0) is 14.3 Å². The van der Waals surface area contributed by atoms with Crippen LogP contribution in [-0.4, -0.2) is 11.9 Å². The number of carbonyl (C=O) groups excluding carboxylic acids is 2. The quantitative estimate of drug-likeness (QED) is 0.525. The van der Waals surface area contributed by atoms with Crippen LogP contribution in [0.25, 0.3) is 0 Å². The van der Waals surface area contributed by atoms with Crippen molar-refractivity contribution >= 4 is 11.9 Å². The Morgan fingerprint density at radius 1 is 1.00 bits per heavy atom. The van der Waals surface area contributed by atoms with Crippen LogP contribution in [0, 0.1) is 0 Å². The highest BCUT2D eigenvalue weighted by Gasteiger charge is 2.36. The second-order valence-electron chi connectivity index (χ2n) is 2.24. The smallest absolute Gasteiger partial charge is 0.350 e. The lowest BCUT2D eigenvalue weighted by Gasteiger charge is -1.93. The van der Waals surface area contributed by atoms with Crippen LogP contribution in [0.5, 0.6) is 0 Å². The van der Waals surface area contributed by atoms with E-state index in [0.717, 1.165) is 0 Å². The van der Waals surface area contributed by atoms with Gasteiger partial charge in [0.1, 0.15) is 22.8 Å². The minimum atomic E-state index is -1.24. The maximum absolute atomic E-state index is 12.5. The van der Waals surface area contributed by atoms with E-state index < -0.39 is 34.7 Å². The molecule has 1 heterocycles.